The van der Waals surface area contributed by atoms with E-state index in [0.717, 1.165) is 12.8 Å². The summed E-state index contributed by atoms with van der Waals surface area (Å²) in [5, 5.41) is 0. The van der Waals surface area contributed by atoms with Gasteiger partial charge in [-0.1, -0.05) is 6.92 Å². The van der Waals surface area contributed by atoms with Gasteiger partial charge >= 0.3 is 0 Å². The SMILES string of the molecule is CC(CN)CC1(F)CC1. The third kappa shape index (κ3) is 1.94. The molecule has 0 saturated heterocycles. The average molecular weight is 131 g/mol. The van der Waals surface area contributed by atoms with Crippen LogP contribution >= 0.6 is 0 Å². The molecule has 1 fully saturated rings. The fourth-order valence-electron chi connectivity index (χ4n) is 1.05. The number of halogens is 1. The third-order valence-electron chi connectivity index (χ3n) is 1.91. The molecule has 0 amide bonds. The Kier molecular flexibility index (Phi) is 1.75. The standard InChI is InChI=1S/C7H14FN/c1-6(5-9)4-7(8)2-3-7/h6H,2-5,9H2,1H3. The van der Waals surface area contributed by atoms with Gasteiger partial charge in [-0.3, -0.25) is 0 Å². The van der Waals surface area contributed by atoms with Crippen LogP contribution in [0.25, 0.3) is 0 Å². The first-order valence-corrected chi connectivity index (χ1v) is 3.55. The minimum Gasteiger partial charge on any atom is -0.330 e. The normalized spacial score (nSPS) is 25.7. The fraction of sp³-hybridized carbons (Fsp3) is 1.00. The van der Waals surface area contributed by atoms with Gasteiger partial charge in [-0.2, -0.15) is 0 Å². The van der Waals surface area contributed by atoms with Crippen LogP contribution in [-0.2, 0) is 0 Å². The van der Waals surface area contributed by atoms with Crippen LogP contribution in [0.3, 0.4) is 0 Å². The van der Waals surface area contributed by atoms with Crippen LogP contribution < -0.4 is 5.73 Å². The van der Waals surface area contributed by atoms with Gasteiger partial charge in [0, 0.05) is 0 Å². The van der Waals surface area contributed by atoms with Crippen LogP contribution in [-0.4, -0.2) is 12.2 Å². The molecule has 0 aromatic rings. The Morgan fingerprint density at radius 3 is 2.56 bits per heavy atom. The second-order valence-corrected chi connectivity index (χ2v) is 3.20. The van der Waals surface area contributed by atoms with E-state index in [1.165, 1.54) is 0 Å². The van der Waals surface area contributed by atoms with Crippen molar-refractivity contribution in [2.45, 2.75) is 31.9 Å². The Hall–Kier alpha value is -0.110. The summed E-state index contributed by atoms with van der Waals surface area (Å²) in [6.45, 7) is 2.62. The molecule has 1 unspecified atom stereocenters. The van der Waals surface area contributed by atoms with Gasteiger partial charge in [0.15, 0.2) is 0 Å². The van der Waals surface area contributed by atoms with Crippen LogP contribution in [0.1, 0.15) is 26.2 Å². The van der Waals surface area contributed by atoms with E-state index in [1.54, 1.807) is 0 Å². The summed E-state index contributed by atoms with van der Waals surface area (Å²) in [5.41, 5.74) is 4.53. The van der Waals surface area contributed by atoms with Gasteiger partial charge in [0.05, 0.1) is 0 Å². The van der Waals surface area contributed by atoms with Crippen molar-refractivity contribution >= 4 is 0 Å². The molecule has 54 valence electrons. The lowest BCUT2D eigenvalue weighted by atomic mass is 10.0. The van der Waals surface area contributed by atoms with Crippen molar-refractivity contribution in [1.29, 1.82) is 0 Å². The van der Waals surface area contributed by atoms with Crippen molar-refractivity contribution in [2.24, 2.45) is 11.7 Å². The zero-order valence-corrected chi connectivity index (χ0v) is 5.86. The predicted molar refractivity (Wildman–Crippen MR) is 35.9 cm³/mol. The van der Waals surface area contributed by atoms with E-state index in [0.29, 0.717) is 18.9 Å². The van der Waals surface area contributed by atoms with E-state index in [-0.39, 0.29) is 0 Å². The van der Waals surface area contributed by atoms with Gasteiger partial charge in [-0.05, 0) is 31.7 Å². The molecule has 0 heterocycles. The molecule has 1 nitrogen and oxygen atoms in total. The van der Waals surface area contributed by atoms with Crippen molar-refractivity contribution in [2.75, 3.05) is 6.54 Å². The monoisotopic (exact) mass is 131 g/mol. The van der Waals surface area contributed by atoms with Gasteiger partial charge in [-0.25, -0.2) is 4.39 Å². The summed E-state index contributed by atoms with van der Waals surface area (Å²) in [5.74, 6) is 0.359. The first-order chi connectivity index (χ1) is 4.16. The Morgan fingerprint density at radius 2 is 2.22 bits per heavy atom. The number of rotatable bonds is 3. The highest BCUT2D eigenvalue weighted by molar-refractivity contribution is 4.94. The summed E-state index contributed by atoms with van der Waals surface area (Å²) in [6.07, 6.45) is 2.19. The van der Waals surface area contributed by atoms with Crippen molar-refractivity contribution in [3.63, 3.8) is 0 Å². The highest BCUT2D eigenvalue weighted by Gasteiger charge is 2.43. The molecule has 2 heteroatoms. The fourth-order valence-corrected chi connectivity index (χ4v) is 1.05. The van der Waals surface area contributed by atoms with E-state index >= 15 is 0 Å². The van der Waals surface area contributed by atoms with Crippen LogP contribution in [0.15, 0.2) is 0 Å². The van der Waals surface area contributed by atoms with Gasteiger partial charge in [-0.15, -0.1) is 0 Å². The molecule has 0 radical (unpaired) electrons. The van der Waals surface area contributed by atoms with Crippen molar-refractivity contribution in [1.82, 2.24) is 0 Å². The molecule has 0 spiro atoms. The van der Waals surface area contributed by atoms with Crippen LogP contribution in [0, 0.1) is 5.92 Å². The lowest BCUT2D eigenvalue weighted by Crippen LogP contribution is -2.16. The van der Waals surface area contributed by atoms with Gasteiger partial charge in [0.1, 0.15) is 5.67 Å². The lowest BCUT2D eigenvalue weighted by molar-refractivity contribution is 0.254. The molecule has 9 heavy (non-hydrogen) atoms. The molecule has 0 aliphatic heterocycles. The molecule has 2 N–H and O–H groups in total. The molecule has 1 aliphatic rings. The van der Waals surface area contributed by atoms with Crippen LogP contribution in [0.5, 0.6) is 0 Å². The van der Waals surface area contributed by atoms with Gasteiger partial charge < -0.3 is 5.73 Å². The summed E-state index contributed by atoms with van der Waals surface area (Å²) in [6, 6.07) is 0. The maximum atomic E-state index is 12.9. The number of nitrogens with two attached hydrogens (primary N) is 1. The summed E-state index contributed by atoms with van der Waals surface area (Å²) < 4.78 is 12.9. The first kappa shape index (κ1) is 7.00. The van der Waals surface area contributed by atoms with Crippen molar-refractivity contribution in [3.05, 3.63) is 0 Å². The molecule has 1 saturated carbocycles. The van der Waals surface area contributed by atoms with Gasteiger partial charge in [0.25, 0.3) is 0 Å². The second kappa shape index (κ2) is 2.25. The molecule has 1 rings (SSSR count). The first-order valence-electron chi connectivity index (χ1n) is 3.55. The van der Waals surface area contributed by atoms with E-state index in [2.05, 4.69) is 0 Å². The average Bonchev–Trinajstić information content (AvgIpc) is 2.48. The molecular formula is C7H14FN. The Balaban J connectivity index is 2.17. The minimum atomic E-state index is -0.807. The molecular weight excluding hydrogens is 117 g/mol. The second-order valence-electron chi connectivity index (χ2n) is 3.20. The number of alkyl halides is 1. The highest BCUT2D eigenvalue weighted by Crippen LogP contribution is 2.44. The summed E-state index contributed by atoms with van der Waals surface area (Å²) >= 11 is 0. The van der Waals surface area contributed by atoms with E-state index < -0.39 is 5.67 Å². The van der Waals surface area contributed by atoms with E-state index in [4.69, 9.17) is 5.73 Å². The lowest BCUT2D eigenvalue weighted by Gasteiger charge is -2.09. The summed E-state index contributed by atoms with van der Waals surface area (Å²) in [4.78, 5) is 0. The summed E-state index contributed by atoms with van der Waals surface area (Å²) in [7, 11) is 0. The van der Waals surface area contributed by atoms with Gasteiger partial charge in [0.2, 0.25) is 0 Å². The molecule has 0 bridgehead atoms. The van der Waals surface area contributed by atoms with E-state index in [1.807, 2.05) is 6.92 Å². The minimum absolute atomic E-state index is 0.359. The zero-order valence-electron chi connectivity index (χ0n) is 5.86. The maximum absolute atomic E-state index is 12.9. The Morgan fingerprint density at radius 1 is 1.67 bits per heavy atom. The van der Waals surface area contributed by atoms with Crippen molar-refractivity contribution in [3.8, 4) is 0 Å². The topological polar surface area (TPSA) is 26.0 Å². The Bertz CT molecular complexity index is 99.1. The molecule has 0 aromatic heterocycles. The largest absolute Gasteiger partial charge is 0.330 e. The van der Waals surface area contributed by atoms with Crippen LogP contribution in [0.4, 0.5) is 4.39 Å². The molecule has 1 atom stereocenters. The predicted octanol–water partition coefficient (Wildman–Crippen LogP) is 1.47. The smallest absolute Gasteiger partial charge is 0.111 e. The van der Waals surface area contributed by atoms with Crippen LogP contribution in [0.2, 0.25) is 0 Å². The van der Waals surface area contributed by atoms with E-state index in [9.17, 15) is 4.39 Å². The third-order valence-corrected chi connectivity index (χ3v) is 1.91. The van der Waals surface area contributed by atoms with Crippen molar-refractivity contribution < 1.29 is 4.39 Å². The Labute approximate surface area is 55.4 Å². The number of hydrogen-bond acceptors (Lipinski definition) is 1. The zero-order chi connectivity index (χ0) is 6.91. The maximum Gasteiger partial charge on any atom is 0.111 e. The molecule has 1 aliphatic carbocycles. The molecule has 0 aromatic carbocycles. The number of hydrogen-bond donors (Lipinski definition) is 1. The highest BCUT2D eigenvalue weighted by atomic mass is 19.1. The quantitative estimate of drug-likeness (QED) is 0.616.